The molecule has 4 N–H and O–H groups in total. The molecule has 42 heavy (non-hydrogen) atoms. The molecular formula is C29H40FN7O5. The predicted molar refractivity (Wildman–Crippen MR) is 155 cm³/mol. The van der Waals surface area contributed by atoms with Gasteiger partial charge in [-0.15, -0.1) is 10.2 Å². The van der Waals surface area contributed by atoms with E-state index in [1.54, 1.807) is 11.0 Å². The summed E-state index contributed by atoms with van der Waals surface area (Å²) in [7, 11) is 0. The number of nitrogen functional groups attached to an aromatic ring is 1. The second-order valence-electron chi connectivity index (χ2n) is 12.1. The van der Waals surface area contributed by atoms with E-state index in [9.17, 15) is 23.9 Å². The van der Waals surface area contributed by atoms with E-state index in [1.807, 2.05) is 37.5 Å². The highest BCUT2D eigenvalue weighted by Gasteiger charge is 2.42. The van der Waals surface area contributed by atoms with Crippen molar-refractivity contribution in [1.29, 1.82) is 0 Å². The summed E-state index contributed by atoms with van der Waals surface area (Å²) in [6.45, 7) is 11.6. The van der Waals surface area contributed by atoms with Gasteiger partial charge in [-0.3, -0.25) is 19.3 Å². The van der Waals surface area contributed by atoms with Crippen molar-refractivity contribution in [1.82, 2.24) is 25.3 Å². The lowest BCUT2D eigenvalue weighted by Gasteiger charge is -2.37. The molecule has 2 aromatic rings. The normalized spacial score (nSPS) is 20.3. The van der Waals surface area contributed by atoms with Crippen LogP contribution in [0.25, 0.3) is 11.3 Å². The summed E-state index contributed by atoms with van der Waals surface area (Å²) in [6.07, 6.45) is 0.206. The summed E-state index contributed by atoms with van der Waals surface area (Å²) in [5.74, 6) is -1.24. The summed E-state index contributed by atoms with van der Waals surface area (Å²) in [6, 6.07) is 4.42. The van der Waals surface area contributed by atoms with Crippen LogP contribution in [0, 0.1) is 11.2 Å². The standard InChI is InChI=1S/C29H40FN7O5/c1-17-12-20(42-18(2)38)15-37(17)28(41)26(29(3,4)5)32-25(40)16-35-8-10-36(11-9-35)23-14-22(33-34-27(23)31)21-13-19(30)6-7-24(21)39/h6-7,13-14,17,20,26,39H,8-12,15-16H2,1-5H3,(H2,31,34)(H,32,40)/t17-,20-,26-/m1/s1. The fourth-order valence-corrected chi connectivity index (χ4v) is 5.47. The monoisotopic (exact) mass is 585 g/mol. The van der Waals surface area contributed by atoms with Gasteiger partial charge in [-0.2, -0.15) is 0 Å². The van der Waals surface area contributed by atoms with Crippen molar-refractivity contribution >= 4 is 29.3 Å². The van der Waals surface area contributed by atoms with Gasteiger partial charge in [0.25, 0.3) is 0 Å². The zero-order chi connectivity index (χ0) is 30.8. The lowest BCUT2D eigenvalue weighted by molar-refractivity contribution is -0.147. The van der Waals surface area contributed by atoms with Crippen LogP contribution in [-0.2, 0) is 19.1 Å². The quantitative estimate of drug-likeness (QED) is 0.410. The number of carbonyl (C=O) groups excluding carboxylic acids is 3. The van der Waals surface area contributed by atoms with Gasteiger partial charge in [-0.25, -0.2) is 4.39 Å². The van der Waals surface area contributed by atoms with Crippen LogP contribution in [0.1, 0.15) is 41.0 Å². The zero-order valence-corrected chi connectivity index (χ0v) is 24.8. The number of anilines is 2. The fourth-order valence-electron chi connectivity index (χ4n) is 5.47. The van der Waals surface area contributed by atoms with Crippen LogP contribution < -0.4 is 16.0 Å². The van der Waals surface area contributed by atoms with Crippen LogP contribution in [0.2, 0.25) is 0 Å². The highest BCUT2D eigenvalue weighted by molar-refractivity contribution is 5.89. The molecule has 0 unspecified atom stereocenters. The minimum Gasteiger partial charge on any atom is -0.507 e. The molecule has 2 amide bonds. The molecule has 3 heterocycles. The Morgan fingerprint density at radius 2 is 1.86 bits per heavy atom. The average molecular weight is 586 g/mol. The smallest absolute Gasteiger partial charge is 0.302 e. The third kappa shape index (κ3) is 7.25. The van der Waals surface area contributed by atoms with Crippen LogP contribution in [0.3, 0.4) is 0 Å². The zero-order valence-electron chi connectivity index (χ0n) is 24.8. The van der Waals surface area contributed by atoms with Crippen molar-refractivity contribution in [2.75, 3.05) is 49.9 Å². The van der Waals surface area contributed by atoms with Gasteiger partial charge in [0.2, 0.25) is 11.8 Å². The number of nitrogens with two attached hydrogens (primary N) is 1. The number of ether oxygens (including phenoxy) is 1. The number of halogens is 1. The molecule has 0 spiro atoms. The molecule has 4 rings (SSSR count). The molecule has 0 saturated carbocycles. The number of nitrogens with zero attached hydrogens (tertiary/aromatic N) is 5. The second kappa shape index (κ2) is 12.5. The number of aromatic nitrogens is 2. The Morgan fingerprint density at radius 3 is 2.50 bits per heavy atom. The van der Waals surface area contributed by atoms with E-state index in [4.69, 9.17) is 10.5 Å². The highest BCUT2D eigenvalue weighted by Crippen LogP contribution is 2.32. The number of hydrogen-bond acceptors (Lipinski definition) is 10. The molecular weight excluding hydrogens is 545 g/mol. The van der Waals surface area contributed by atoms with Crippen LogP contribution in [0.4, 0.5) is 15.9 Å². The molecule has 0 bridgehead atoms. The number of aromatic hydroxyl groups is 1. The molecule has 3 atom stereocenters. The number of carbonyl (C=O) groups is 3. The predicted octanol–water partition coefficient (Wildman–Crippen LogP) is 1.78. The van der Waals surface area contributed by atoms with Crippen molar-refractivity contribution < 1.29 is 28.6 Å². The number of phenols is 1. The SMILES string of the molecule is CC(=O)O[C@@H]1C[C@@H](C)N(C(=O)[C@@H](NC(=O)CN2CCN(c3cc(-c4cc(F)ccc4O)nnc3N)CC2)C(C)(C)C)C1. The number of rotatable bonds is 7. The number of benzene rings is 1. The van der Waals surface area contributed by atoms with Gasteiger partial charge in [-0.1, -0.05) is 20.8 Å². The molecule has 12 nitrogen and oxygen atoms in total. The molecule has 2 saturated heterocycles. The Bertz CT molecular complexity index is 1330. The molecule has 1 aromatic carbocycles. The Hall–Kier alpha value is -4.00. The second-order valence-corrected chi connectivity index (χ2v) is 12.1. The van der Waals surface area contributed by atoms with E-state index in [1.165, 1.54) is 19.1 Å². The van der Waals surface area contributed by atoms with Crippen molar-refractivity contribution in [3.8, 4) is 17.0 Å². The molecule has 0 radical (unpaired) electrons. The summed E-state index contributed by atoms with van der Waals surface area (Å²) in [4.78, 5) is 43.8. The molecule has 2 aliphatic rings. The van der Waals surface area contributed by atoms with Crippen molar-refractivity contribution in [2.24, 2.45) is 5.41 Å². The van der Waals surface area contributed by atoms with Gasteiger partial charge >= 0.3 is 5.97 Å². The maximum Gasteiger partial charge on any atom is 0.302 e. The lowest BCUT2D eigenvalue weighted by Crippen LogP contribution is -2.57. The summed E-state index contributed by atoms with van der Waals surface area (Å²) >= 11 is 0. The first kappa shape index (κ1) is 30.9. The maximum absolute atomic E-state index is 13.8. The summed E-state index contributed by atoms with van der Waals surface area (Å²) in [5.41, 5.74) is 6.69. The number of likely N-dealkylation sites (tertiary alicyclic amines) is 1. The van der Waals surface area contributed by atoms with Gasteiger partial charge < -0.3 is 30.7 Å². The van der Waals surface area contributed by atoms with Gasteiger partial charge in [0.05, 0.1) is 24.5 Å². The highest BCUT2D eigenvalue weighted by atomic mass is 19.1. The topological polar surface area (TPSA) is 154 Å². The lowest BCUT2D eigenvalue weighted by atomic mass is 9.85. The number of phenolic OH excluding ortho intramolecular Hbond substituents is 1. The molecule has 13 heteroatoms. The van der Waals surface area contributed by atoms with Gasteiger partial charge in [0.1, 0.15) is 23.7 Å². The minimum atomic E-state index is -0.745. The fraction of sp³-hybridized carbons (Fsp3) is 0.552. The molecule has 2 aliphatic heterocycles. The van der Waals surface area contributed by atoms with Crippen LogP contribution in [-0.4, -0.2) is 100 Å². The molecule has 0 aliphatic carbocycles. The van der Waals surface area contributed by atoms with Crippen LogP contribution in [0.5, 0.6) is 5.75 Å². The van der Waals surface area contributed by atoms with E-state index in [2.05, 4.69) is 15.5 Å². The van der Waals surface area contributed by atoms with Gasteiger partial charge in [0.15, 0.2) is 5.82 Å². The van der Waals surface area contributed by atoms with Crippen LogP contribution in [0.15, 0.2) is 24.3 Å². The average Bonchev–Trinajstić information content (AvgIpc) is 3.27. The Balaban J connectivity index is 1.36. The van der Waals surface area contributed by atoms with Crippen molar-refractivity contribution in [3.05, 3.63) is 30.1 Å². The number of nitrogens with one attached hydrogen (secondary N) is 1. The summed E-state index contributed by atoms with van der Waals surface area (Å²) in [5, 5.41) is 21.2. The van der Waals surface area contributed by atoms with Crippen LogP contribution >= 0.6 is 0 Å². The van der Waals surface area contributed by atoms with Gasteiger partial charge in [0, 0.05) is 51.1 Å². The first-order valence-electron chi connectivity index (χ1n) is 14.1. The van der Waals surface area contributed by atoms with E-state index in [0.717, 1.165) is 6.07 Å². The van der Waals surface area contributed by atoms with E-state index in [-0.39, 0.29) is 53.6 Å². The number of amides is 2. The van der Waals surface area contributed by atoms with Crippen molar-refractivity contribution in [3.63, 3.8) is 0 Å². The number of esters is 1. The maximum atomic E-state index is 13.8. The Morgan fingerprint density at radius 1 is 1.17 bits per heavy atom. The van der Waals surface area contributed by atoms with Crippen molar-refractivity contribution in [2.45, 2.75) is 59.2 Å². The number of piperazine rings is 1. The summed E-state index contributed by atoms with van der Waals surface area (Å²) < 4.78 is 19.1. The Labute approximate surface area is 245 Å². The molecule has 228 valence electrons. The number of hydrogen-bond donors (Lipinski definition) is 3. The first-order valence-corrected chi connectivity index (χ1v) is 14.1. The van der Waals surface area contributed by atoms with E-state index >= 15 is 0 Å². The first-order chi connectivity index (χ1) is 19.7. The minimum absolute atomic E-state index is 0.114. The molecule has 1 aromatic heterocycles. The van der Waals surface area contributed by atoms with Gasteiger partial charge in [-0.05, 0) is 36.6 Å². The largest absolute Gasteiger partial charge is 0.507 e. The molecule has 2 fully saturated rings. The Kier molecular flexibility index (Phi) is 9.19. The third-order valence-corrected chi connectivity index (χ3v) is 7.69. The van der Waals surface area contributed by atoms with E-state index < -0.39 is 17.3 Å². The third-order valence-electron chi connectivity index (χ3n) is 7.69. The van der Waals surface area contributed by atoms with E-state index in [0.29, 0.717) is 50.5 Å².